The molecular weight excluding hydrogens is 214 g/mol. The minimum atomic E-state index is -0.254. The third-order valence-corrected chi connectivity index (χ3v) is 3.80. The predicted molar refractivity (Wildman–Crippen MR) is 68.0 cm³/mol. The van der Waals surface area contributed by atoms with Gasteiger partial charge in [0.1, 0.15) is 0 Å². The SMILES string of the molecule is COC(C)(C)CCn1cc2c(c1)C(O)CCC2. The normalized spacial score (nSPS) is 20.4. The molecule has 0 spiro atoms. The van der Waals surface area contributed by atoms with Crippen LogP contribution in [-0.4, -0.2) is 22.4 Å². The van der Waals surface area contributed by atoms with Crippen molar-refractivity contribution in [1.29, 1.82) is 0 Å². The second kappa shape index (κ2) is 4.83. The zero-order valence-electron chi connectivity index (χ0n) is 11.1. The van der Waals surface area contributed by atoms with Gasteiger partial charge in [-0.05, 0) is 45.1 Å². The van der Waals surface area contributed by atoms with Crippen LogP contribution >= 0.6 is 0 Å². The third kappa shape index (κ3) is 2.90. The van der Waals surface area contributed by atoms with Gasteiger partial charge in [-0.15, -0.1) is 0 Å². The molecule has 1 N–H and O–H groups in total. The maximum Gasteiger partial charge on any atom is 0.0807 e. The lowest BCUT2D eigenvalue weighted by molar-refractivity contribution is 0.0120. The van der Waals surface area contributed by atoms with Crippen LogP contribution < -0.4 is 0 Å². The number of aryl methyl sites for hydroxylation is 2. The van der Waals surface area contributed by atoms with Crippen molar-refractivity contribution in [2.24, 2.45) is 0 Å². The van der Waals surface area contributed by atoms with Crippen LogP contribution in [0, 0.1) is 0 Å². The van der Waals surface area contributed by atoms with Crippen LogP contribution in [0.2, 0.25) is 0 Å². The van der Waals surface area contributed by atoms with Crippen LogP contribution in [0.1, 0.15) is 50.3 Å². The fourth-order valence-corrected chi connectivity index (χ4v) is 2.35. The molecule has 3 heteroatoms. The van der Waals surface area contributed by atoms with Crippen LogP contribution in [0.5, 0.6) is 0 Å². The number of aliphatic hydroxyl groups is 1. The first-order chi connectivity index (χ1) is 8.02. The van der Waals surface area contributed by atoms with Crippen LogP contribution in [0.3, 0.4) is 0 Å². The van der Waals surface area contributed by atoms with Crippen molar-refractivity contribution in [3.8, 4) is 0 Å². The van der Waals surface area contributed by atoms with Crippen molar-refractivity contribution in [3.05, 3.63) is 23.5 Å². The van der Waals surface area contributed by atoms with Gasteiger partial charge in [0.05, 0.1) is 11.7 Å². The van der Waals surface area contributed by atoms with Crippen molar-refractivity contribution in [2.75, 3.05) is 7.11 Å². The molecule has 3 nitrogen and oxygen atoms in total. The summed E-state index contributed by atoms with van der Waals surface area (Å²) in [5, 5.41) is 9.91. The van der Waals surface area contributed by atoms with E-state index in [9.17, 15) is 5.11 Å². The molecule has 0 fully saturated rings. The summed E-state index contributed by atoms with van der Waals surface area (Å²) >= 11 is 0. The van der Waals surface area contributed by atoms with Gasteiger partial charge >= 0.3 is 0 Å². The summed E-state index contributed by atoms with van der Waals surface area (Å²) in [5.41, 5.74) is 2.37. The topological polar surface area (TPSA) is 34.4 Å². The van der Waals surface area contributed by atoms with Gasteiger partial charge in [-0.1, -0.05) is 0 Å². The molecule has 96 valence electrons. The van der Waals surface area contributed by atoms with Crippen molar-refractivity contribution >= 4 is 0 Å². The summed E-state index contributed by atoms with van der Waals surface area (Å²) in [7, 11) is 1.75. The molecule has 0 bridgehead atoms. The number of fused-ring (bicyclic) bond motifs is 1. The van der Waals surface area contributed by atoms with E-state index >= 15 is 0 Å². The molecule has 1 aromatic rings. The van der Waals surface area contributed by atoms with Crippen LogP contribution in [0.25, 0.3) is 0 Å². The first-order valence-electron chi connectivity index (χ1n) is 6.43. The monoisotopic (exact) mass is 237 g/mol. The lowest BCUT2D eigenvalue weighted by atomic mass is 9.93. The van der Waals surface area contributed by atoms with E-state index in [1.807, 2.05) is 0 Å². The van der Waals surface area contributed by atoms with E-state index in [0.717, 1.165) is 37.8 Å². The average molecular weight is 237 g/mol. The minimum absolute atomic E-state index is 0.0800. The van der Waals surface area contributed by atoms with E-state index in [1.54, 1.807) is 7.11 Å². The second-order valence-corrected chi connectivity index (χ2v) is 5.60. The summed E-state index contributed by atoms with van der Waals surface area (Å²) < 4.78 is 7.61. The smallest absolute Gasteiger partial charge is 0.0807 e. The van der Waals surface area contributed by atoms with Crippen molar-refractivity contribution < 1.29 is 9.84 Å². The van der Waals surface area contributed by atoms with Gasteiger partial charge in [-0.2, -0.15) is 0 Å². The van der Waals surface area contributed by atoms with Gasteiger partial charge in [0.2, 0.25) is 0 Å². The maximum absolute atomic E-state index is 9.91. The van der Waals surface area contributed by atoms with E-state index in [2.05, 4.69) is 30.8 Å². The molecule has 1 aromatic heterocycles. The highest BCUT2D eigenvalue weighted by atomic mass is 16.5. The van der Waals surface area contributed by atoms with Gasteiger partial charge in [-0.3, -0.25) is 0 Å². The molecule has 1 unspecified atom stereocenters. The number of rotatable bonds is 4. The Kier molecular flexibility index (Phi) is 3.59. The molecule has 0 aliphatic heterocycles. The number of hydrogen-bond donors (Lipinski definition) is 1. The Bertz CT molecular complexity index is 382. The Morgan fingerprint density at radius 3 is 2.88 bits per heavy atom. The quantitative estimate of drug-likeness (QED) is 0.873. The number of hydrogen-bond acceptors (Lipinski definition) is 2. The van der Waals surface area contributed by atoms with Crippen LogP contribution in [0.4, 0.5) is 0 Å². The fraction of sp³-hybridized carbons (Fsp3) is 0.714. The Morgan fingerprint density at radius 2 is 2.24 bits per heavy atom. The first-order valence-corrected chi connectivity index (χ1v) is 6.43. The van der Waals surface area contributed by atoms with Gasteiger partial charge in [0.25, 0.3) is 0 Å². The molecule has 2 rings (SSSR count). The molecule has 0 radical (unpaired) electrons. The summed E-state index contributed by atoms with van der Waals surface area (Å²) in [6.45, 7) is 5.15. The highest BCUT2D eigenvalue weighted by molar-refractivity contribution is 5.28. The molecule has 1 atom stereocenters. The number of aliphatic hydroxyl groups excluding tert-OH is 1. The highest BCUT2D eigenvalue weighted by Gasteiger charge is 2.21. The molecule has 17 heavy (non-hydrogen) atoms. The van der Waals surface area contributed by atoms with Gasteiger partial charge in [-0.25, -0.2) is 0 Å². The average Bonchev–Trinajstić information content (AvgIpc) is 2.71. The van der Waals surface area contributed by atoms with E-state index in [4.69, 9.17) is 4.74 Å². The largest absolute Gasteiger partial charge is 0.388 e. The van der Waals surface area contributed by atoms with E-state index in [-0.39, 0.29) is 11.7 Å². The number of ether oxygens (including phenoxy) is 1. The lowest BCUT2D eigenvalue weighted by Crippen LogP contribution is -2.24. The van der Waals surface area contributed by atoms with Crippen molar-refractivity contribution in [1.82, 2.24) is 4.57 Å². The molecular formula is C14H23NO2. The van der Waals surface area contributed by atoms with Gasteiger partial charge in [0, 0.05) is 31.6 Å². The fourth-order valence-electron chi connectivity index (χ4n) is 2.35. The first kappa shape index (κ1) is 12.7. The number of nitrogens with zero attached hydrogens (tertiary/aromatic N) is 1. The van der Waals surface area contributed by atoms with E-state index < -0.39 is 0 Å². The number of methoxy groups -OCH3 is 1. The van der Waals surface area contributed by atoms with Crippen molar-refractivity contribution in [3.63, 3.8) is 0 Å². The van der Waals surface area contributed by atoms with Gasteiger partial charge < -0.3 is 14.4 Å². The molecule has 1 aliphatic rings. The van der Waals surface area contributed by atoms with Crippen LogP contribution in [-0.2, 0) is 17.7 Å². The molecule has 1 heterocycles. The Hall–Kier alpha value is -0.800. The van der Waals surface area contributed by atoms with E-state index in [0.29, 0.717) is 0 Å². The summed E-state index contributed by atoms with van der Waals surface area (Å²) in [6, 6.07) is 0. The summed E-state index contributed by atoms with van der Waals surface area (Å²) in [6.07, 6.45) is 8.12. The standard InChI is InChI=1S/C14H23NO2/c1-14(2,17-3)7-8-15-9-11-5-4-6-13(16)12(11)10-15/h9-10,13,16H,4-8H2,1-3H3. The zero-order valence-corrected chi connectivity index (χ0v) is 11.1. The predicted octanol–water partition coefficient (Wildman–Crippen LogP) is 2.67. The molecule has 0 saturated heterocycles. The molecule has 0 aromatic carbocycles. The Balaban J connectivity index is 2.03. The van der Waals surface area contributed by atoms with Crippen LogP contribution in [0.15, 0.2) is 12.4 Å². The maximum atomic E-state index is 9.91. The van der Waals surface area contributed by atoms with E-state index in [1.165, 1.54) is 5.56 Å². The minimum Gasteiger partial charge on any atom is -0.388 e. The third-order valence-electron chi connectivity index (χ3n) is 3.80. The molecule has 1 aliphatic carbocycles. The Labute approximate surface area is 103 Å². The second-order valence-electron chi connectivity index (χ2n) is 5.60. The molecule has 0 amide bonds. The lowest BCUT2D eigenvalue weighted by Gasteiger charge is -2.22. The zero-order chi connectivity index (χ0) is 12.5. The summed E-state index contributed by atoms with van der Waals surface area (Å²) in [5.74, 6) is 0. The number of aromatic nitrogens is 1. The Morgan fingerprint density at radius 1 is 1.47 bits per heavy atom. The van der Waals surface area contributed by atoms with Crippen molar-refractivity contribution in [2.45, 2.75) is 57.8 Å². The highest BCUT2D eigenvalue weighted by Crippen LogP contribution is 2.30. The van der Waals surface area contributed by atoms with Gasteiger partial charge in [0.15, 0.2) is 0 Å². The molecule has 0 saturated carbocycles. The summed E-state index contributed by atoms with van der Waals surface area (Å²) in [4.78, 5) is 0.